The van der Waals surface area contributed by atoms with Gasteiger partial charge in [-0.1, -0.05) is 0 Å². The Labute approximate surface area is 101 Å². The van der Waals surface area contributed by atoms with Crippen molar-refractivity contribution in [1.82, 2.24) is 4.98 Å². The molecule has 16 heavy (non-hydrogen) atoms. The zero-order valence-corrected chi connectivity index (χ0v) is 9.94. The molecule has 2 nitrogen and oxygen atoms in total. The number of rotatable bonds is 2. The van der Waals surface area contributed by atoms with Gasteiger partial charge in [0.2, 0.25) is 0 Å². The van der Waals surface area contributed by atoms with Crippen LogP contribution in [0.5, 0.6) is 5.75 Å². The van der Waals surface area contributed by atoms with Crippen LogP contribution in [0.2, 0.25) is 0 Å². The van der Waals surface area contributed by atoms with Gasteiger partial charge in [0.25, 0.3) is 6.43 Å². The third kappa shape index (κ3) is 3.42. The molecule has 0 aliphatic carbocycles. The van der Waals surface area contributed by atoms with Gasteiger partial charge < -0.3 is 4.74 Å². The van der Waals surface area contributed by atoms with Crippen LogP contribution < -0.4 is 4.74 Å². The molecule has 90 valence electrons. The highest BCUT2D eigenvalue weighted by Crippen LogP contribution is 2.36. The van der Waals surface area contributed by atoms with Gasteiger partial charge in [-0.25, -0.2) is 13.8 Å². The van der Waals surface area contributed by atoms with Gasteiger partial charge in [-0.15, -0.1) is 13.2 Å². The molecular weight excluding hydrogens is 348 g/mol. The molecule has 1 aromatic heterocycles. The number of aryl methyl sites for hydroxylation is 1. The standard InChI is InChI=1S/C8H5F5INO/c1-3-2-4(6(9)10)5(7(14)15-3)16-8(11,12)13/h2,6H,1H3. The van der Waals surface area contributed by atoms with Gasteiger partial charge in [0.15, 0.2) is 5.75 Å². The minimum Gasteiger partial charge on any atom is -0.402 e. The Kier molecular flexibility index (Phi) is 3.92. The highest BCUT2D eigenvalue weighted by molar-refractivity contribution is 14.1. The molecule has 1 aromatic rings. The van der Waals surface area contributed by atoms with Crippen LogP contribution in [-0.2, 0) is 0 Å². The van der Waals surface area contributed by atoms with E-state index in [-0.39, 0.29) is 9.39 Å². The third-order valence-corrected chi connectivity index (χ3v) is 2.27. The maximum absolute atomic E-state index is 12.5. The summed E-state index contributed by atoms with van der Waals surface area (Å²) in [6.07, 6.45) is -8.06. The van der Waals surface area contributed by atoms with Crippen molar-refractivity contribution in [3.05, 3.63) is 21.0 Å². The van der Waals surface area contributed by atoms with Gasteiger partial charge in [-0.3, -0.25) is 0 Å². The molecule has 0 atom stereocenters. The molecule has 0 saturated carbocycles. The van der Waals surface area contributed by atoms with E-state index in [1.54, 1.807) is 0 Å². The van der Waals surface area contributed by atoms with Crippen LogP contribution in [0.4, 0.5) is 22.0 Å². The fraction of sp³-hybridized carbons (Fsp3) is 0.375. The van der Waals surface area contributed by atoms with Crippen LogP contribution in [0.15, 0.2) is 6.07 Å². The summed E-state index contributed by atoms with van der Waals surface area (Å²) in [7, 11) is 0. The molecule has 0 aliphatic rings. The molecule has 0 spiro atoms. The molecule has 0 aromatic carbocycles. The lowest BCUT2D eigenvalue weighted by atomic mass is 10.2. The van der Waals surface area contributed by atoms with Crippen molar-refractivity contribution in [1.29, 1.82) is 0 Å². The number of hydrogen-bond donors (Lipinski definition) is 0. The number of nitrogens with zero attached hydrogens (tertiary/aromatic N) is 1. The Morgan fingerprint density at radius 3 is 2.38 bits per heavy atom. The summed E-state index contributed by atoms with van der Waals surface area (Å²) in [5, 5.41) is 0. The predicted octanol–water partition coefficient (Wildman–Crippen LogP) is 3.83. The quantitative estimate of drug-likeness (QED) is 0.458. The van der Waals surface area contributed by atoms with Crippen LogP contribution in [0.3, 0.4) is 0 Å². The Morgan fingerprint density at radius 1 is 1.38 bits per heavy atom. The summed E-state index contributed by atoms with van der Waals surface area (Å²) in [4.78, 5) is 3.63. The lowest BCUT2D eigenvalue weighted by Gasteiger charge is -2.14. The maximum atomic E-state index is 12.5. The lowest BCUT2D eigenvalue weighted by molar-refractivity contribution is -0.275. The smallest absolute Gasteiger partial charge is 0.402 e. The number of alkyl halides is 5. The third-order valence-electron chi connectivity index (χ3n) is 1.54. The molecule has 0 N–H and O–H groups in total. The van der Waals surface area contributed by atoms with Crippen LogP contribution in [0.1, 0.15) is 17.7 Å². The molecule has 1 rings (SSSR count). The largest absolute Gasteiger partial charge is 0.573 e. The molecule has 0 aliphatic heterocycles. The van der Waals surface area contributed by atoms with Crippen molar-refractivity contribution in [3.63, 3.8) is 0 Å². The fourth-order valence-electron chi connectivity index (χ4n) is 1.03. The second kappa shape index (κ2) is 4.68. The van der Waals surface area contributed by atoms with Crippen molar-refractivity contribution in [2.24, 2.45) is 0 Å². The topological polar surface area (TPSA) is 22.1 Å². The maximum Gasteiger partial charge on any atom is 0.573 e. The SMILES string of the molecule is Cc1cc(C(F)F)c(OC(F)(F)F)c(I)n1. The summed E-state index contributed by atoms with van der Waals surface area (Å²) in [5.74, 6) is -0.936. The van der Waals surface area contributed by atoms with E-state index in [0.29, 0.717) is 0 Å². The van der Waals surface area contributed by atoms with Gasteiger partial charge in [0.05, 0.1) is 5.56 Å². The highest BCUT2D eigenvalue weighted by atomic mass is 127. The summed E-state index contributed by atoms with van der Waals surface area (Å²) in [6, 6.07) is 0.869. The number of halogens is 6. The Hall–Kier alpha value is -0.670. The highest BCUT2D eigenvalue weighted by Gasteiger charge is 2.34. The van der Waals surface area contributed by atoms with Gasteiger partial charge >= 0.3 is 6.36 Å². The van der Waals surface area contributed by atoms with Crippen LogP contribution in [0, 0.1) is 10.6 Å². The number of aromatic nitrogens is 1. The van der Waals surface area contributed by atoms with E-state index in [0.717, 1.165) is 6.07 Å². The Morgan fingerprint density at radius 2 is 1.94 bits per heavy atom. The first kappa shape index (κ1) is 13.4. The first-order valence-electron chi connectivity index (χ1n) is 3.91. The van der Waals surface area contributed by atoms with E-state index in [4.69, 9.17) is 0 Å². The second-order valence-electron chi connectivity index (χ2n) is 2.82. The lowest BCUT2D eigenvalue weighted by Crippen LogP contribution is -2.19. The minimum atomic E-state index is -5.01. The van der Waals surface area contributed by atoms with Crippen molar-refractivity contribution >= 4 is 22.6 Å². The molecule has 8 heteroatoms. The van der Waals surface area contributed by atoms with E-state index in [1.807, 2.05) is 0 Å². The van der Waals surface area contributed by atoms with Crippen molar-refractivity contribution in [3.8, 4) is 5.75 Å². The molecule has 0 fully saturated rings. The molecule has 1 heterocycles. The van der Waals surface area contributed by atoms with Crippen molar-refractivity contribution in [2.75, 3.05) is 0 Å². The van der Waals surface area contributed by atoms with Crippen LogP contribution >= 0.6 is 22.6 Å². The second-order valence-corrected chi connectivity index (χ2v) is 3.84. The average molecular weight is 353 g/mol. The van der Waals surface area contributed by atoms with E-state index in [2.05, 4.69) is 9.72 Å². The Balaban J connectivity index is 3.25. The Bertz CT molecular complexity index is 393. The average Bonchev–Trinajstić information content (AvgIpc) is 2.07. The first-order valence-corrected chi connectivity index (χ1v) is 4.99. The van der Waals surface area contributed by atoms with Gasteiger partial charge in [0.1, 0.15) is 3.70 Å². The van der Waals surface area contributed by atoms with Crippen molar-refractivity contribution in [2.45, 2.75) is 19.7 Å². The van der Waals surface area contributed by atoms with Crippen LogP contribution in [0.25, 0.3) is 0 Å². The number of pyridine rings is 1. The van der Waals surface area contributed by atoms with Crippen molar-refractivity contribution < 1.29 is 26.7 Å². The molecule has 0 radical (unpaired) electrons. The van der Waals surface area contributed by atoms with E-state index < -0.39 is 24.1 Å². The summed E-state index contributed by atoms with van der Waals surface area (Å²) >= 11 is 1.42. The van der Waals surface area contributed by atoms with Gasteiger partial charge in [0, 0.05) is 5.69 Å². The zero-order valence-electron chi connectivity index (χ0n) is 7.78. The minimum absolute atomic E-state index is 0.203. The molecule has 0 unspecified atom stereocenters. The molecule has 0 saturated heterocycles. The number of hydrogen-bond acceptors (Lipinski definition) is 2. The molecule has 0 amide bonds. The van der Waals surface area contributed by atoms with Gasteiger partial charge in [-0.2, -0.15) is 0 Å². The normalized spacial score (nSPS) is 12.0. The summed E-state index contributed by atoms with van der Waals surface area (Å²) < 4.78 is 64.2. The molecule has 0 bridgehead atoms. The number of ether oxygens (including phenoxy) is 1. The summed E-state index contributed by atoms with van der Waals surface area (Å²) in [5.41, 5.74) is -0.608. The predicted molar refractivity (Wildman–Crippen MR) is 53.3 cm³/mol. The van der Waals surface area contributed by atoms with Crippen LogP contribution in [-0.4, -0.2) is 11.3 Å². The first-order chi connectivity index (χ1) is 7.20. The monoisotopic (exact) mass is 353 g/mol. The van der Waals surface area contributed by atoms with Gasteiger partial charge in [-0.05, 0) is 35.6 Å². The van der Waals surface area contributed by atoms with E-state index in [9.17, 15) is 22.0 Å². The fourth-order valence-corrected chi connectivity index (χ4v) is 1.83. The zero-order chi connectivity index (χ0) is 12.5. The van der Waals surface area contributed by atoms with E-state index in [1.165, 1.54) is 29.5 Å². The molecular formula is C8H5F5INO. The summed E-state index contributed by atoms with van der Waals surface area (Å²) in [6.45, 7) is 1.41. The van der Waals surface area contributed by atoms with E-state index >= 15 is 0 Å².